The number of nitrogens with one attached hydrogen (secondary N) is 1. The number of anilines is 1. The van der Waals surface area contributed by atoms with Gasteiger partial charge in [-0.3, -0.25) is 9.59 Å². The number of amides is 1. The van der Waals surface area contributed by atoms with Gasteiger partial charge in [-0.25, -0.2) is 8.42 Å². The van der Waals surface area contributed by atoms with Crippen molar-refractivity contribution in [3.63, 3.8) is 0 Å². The third-order valence-corrected chi connectivity index (χ3v) is 5.56. The molecular formula is C19H21NO6S. The minimum absolute atomic E-state index is 0.0107. The van der Waals surface area contributed by atoms with Gasteiger partial charge in [0.25, 0.3) is 5.91 Å². The average Bonchev–Trinajstić information content (AvgIpc) is 2.66. The van der Waals surface area contributed by atoms with Crippen molar-refractivity contribution in [3.8, 4) is 11.5 Å². The van der Waals surface area contributed by atoms with Crippen LogP contribution in [-0.4, -0.2) is 39.6 Å². The molecule has 1 N–H and O–H groups in total. The van der Waals surface area contributed by atoms with Crippen LogP contribution in [-0.2, 0) is 14.6 Å². The van der Waals surface area contributed by atoms with Crippen LogP contribution in [0.25, 0.3) is 0 Å². The molecule has 0 spiro atoms. The fourth-order valence-corrected chi connectivity index (χ4v) is 3.14. The zero-order valence-electron chi connectivity index (χ0n) is 15.3. The average molecular weight is 391 g/mol. The summed E-state index contributed by atoms with van der Waals surface area (Å²) < 4.78 is 34.2. The lowest BCUT2D eigenvalue weighted by Gasteiger charge is -2.12. The Morgan fingerprint density at radius 2 is 1.70 bits per heavy atom. The Morgan fingerprint density at radius 1 is 1.04 bits per heavy atom. The lowest BCUT2D eigenvalue weighted by molar-refractivity contribution is -0.118. The van der Waals surface area contributed by atoms with E-state index in [0.717, 1.165) is 0 Å². The first kappa shape index (κ1) is 20.4. The standard InChI is InChI=1S/C19H21NO6S/c1-4-27(23,24)16-8-6-15(7-9-16)20-19(22)12-26-17-10-5-14(13(2)21)11-18(17)25-3/h5-11H,4,12H2,1-3H3,(H,20,22). The highest BCUT2D eigenvalue weighted by atomic mass is 32.2. The first-order chi connectivity index (χ1) is 12.8. The maximum absolute atomic E-state index is 12.0. The number of rotatable bonds is 8. The molecule has 0 fully saturated rings. The van der Waals surface area contributed by atoms with Crippen LogP contribution in [0.1, 0.15) is 24.2 Å². The molecule has 8 heteroatoms. The van der Waals surface area contributed by atoms with E-state index < -0.39 is 15.7 Å². The number of ketones is 1. The minimum atomic E-state index is -3.28. The number of hydrogen-bond acceptors (Lipinski definition) is 6. The molecule has 2 aromatic rings. The van der Waals surface area contributed by atoms with Gasteiger partial charge in [0, 0.05) is 11.3 Å². The summed E-state index contributed by atoms with van der Waals surface area (Å²) in [5, 5.41) is 2.62. The Balaban J connectivity index is 1.99. The van der Waals surface area contributed by atoms with Crippen molar-refractivity contribution < 1.29 is 27.5 Å². The molecule has 2 aromatic carbocycles. The predicted octanol–water partition coefficient (Wildman–Crippen LogP) is 2.71. The molecule has 0 aromatic heterocycles. The second-order valence-corrected chi connectivity index (χ2v) is 7.96. The van der Waals surface area contributed by atoms with Gasteiger partial charge in [-0.2, -0.15) is 0 Å². The van der Waals surface area contributed by atoms with Crippen molar-refractivity contribution in [1.29, 1.82) is 0 Å². The van der Waals surface area contributed by atoms with E-state index in [0.29, 0.717) is 22.7 Å². The van der Waals surface area contributed by atoms with E-state index >= 15 is 0 Å². The highest BCUT2D eigenvalue weighted by molar-refractivity contribution is 7.91. The van der Waals surface area contributed by atoms with Gasteiger partial charge in [0.1, 0.15) is 0 Å². The molecule has 144 valence electrons. The molecule has 1 amide bonds. The Hall–Kier alpha value is -2.87. The normalized spacial score (nSPS) is 10.9. The molecule has 0 radical (unpaired) electrons. The van der Waals surface area contributed by atoms with E-state index in [1.807, 2.05) is 0 Å². The maximum Gasteiger partial charge on any atom is 0.262 e. The van der Waals surface area contributed by atoms with Crippen LogP contribution in [0.3, 0.4) is 0 Å². The molecule has 0 saturated heterocycles. The Kier molecular flexibility index (Phi) is 6.57. The summed E-state index contributed by atoms with van der Waals surface area (Å²) in [6.07, 6.45) is 0. The molecule has 0 aliphatic carbocycles. The van der Waals surface area contributed by atoms with Crippen LogP contribution in [0, 0.1) is 0 Å². The summed E-state index contributed by atoms with van der Waals surface area (Å²) in [4.78, 5) is 23.7. The summed E-state index contributed by atoms with van der Waals surface area (Å²) in [5.74, 6) is 0.174. The van der Waals surface area contributed by atoms with Gasteiger partial charge in [-0.15, -0.1) is 0 Å². The summed E-state index contributed by atoms with van der Waals surface area (Å²) in [6, 6.07) is 10.6. The van der Waals surface area contributed by atoms with Crippen LogP contribution < -0.4 is 14.8 Å². The van der Waals surface area contributed by atoms with Gasteiger partial charge in [0.2, 0.25) is 0 Å². The number of benzene rings is 2. The zero-order chi connectivity index (χ0) is 20.0. The quantitative estimate of drug-likeness (QED) is 0.695. The van der Waals surface area contributed by atoms with Crippen molar-refractivity contribution in [1.82, 2.24) is 0 Å². The molecule has 0 saturated carbocycles. The topological polar surface area (TPSA) is 98.8 Å². The second-order valence-electron chi connectivity index (χ2n) is 5.69. The van der Waals surface area contributed by atoms with Crippen LogP contribution in [0.2, 0.25) is 0 Å². The van der Waals surface area contributed by atoms with E-state index in [1.54, 1.807) is 25.1 Å². The first-order valence-corrected chi connectivity index (χ1v) is 9.86. The number of sulfone groups is 1. The fraction of sp³-hybridized carbons (Fsp3) is 0.263. The third-order valence-electron chi connectivity index (χ3n) is 3.81. The van der Waals surface area contributed by atoms with Crippen LogP contribution in [0.5, 0.6) is 11.5 Å². The maximum atomic E-state index is 12.0. The Labute approximate surface area is 158 Å². The summed E-state index contributed by atoms with van der Waals surface area (Å²) in [6.45, 7) is 2.74. The monoisotopic (exact) mass is 391 g/mol. The highest BCUT2D eigenvalue weighted by Gasteiger charge is 2.13. The summed E-state index contributed by atoms with van der Waals surface area (Å²) in [7, 11) is -1.84. The number of carbonyl (C=O) groups excluding carboxylic acids is 2. The van der Waals surface area contributed by atoms with E-state index in [9.17, 15) is 18.0 Å². The molecule has 27 heavy (non-hydrogen) atoms. The largest absolute Gasteiger partial charge is 0.493 e. The van der Waals surface area contributed by atoms with E-state index in [2.05, 4.69) is 5.32 Å². The molecule has 7 nitrogen and oxygen atoms in total. The van der Waals surface area contributed by atoms with E-state index in [4.69, 9.17) is 9.47 Å². The predicted molar refractivity (Wildman–Crippen MR) is 101 cm³/mol. The van der Waals surface area contributed by atoms with Gasteiger partial charge >= 0.3 is 0 Å². The number of Topliss-reactive ketones (excluding diaryl/α,β-unsaturated/α-hetero) is 1. The number of ether oxygens (including phenoxy) is 2. The van der Waals surface area contributed by atoms with Gasteiger partial charge < -0.3 is 14.8 Å². The number of carbonyl (C=O) groups is 2. The molecule has 0 bridgehead atoms. The van der Waals surface area contributed by atoms with Crippen molar-refractivity contribution in [2.75, 3.05) is 24.8 Å². The van der Waals surface area contributed by atoms with Gasteiger partial charge in [-0.05, 0) is 49.4 Å². The Morgan fingerprint density at radius 3 is 2.26 bits per heavy atom. The van der Waals surface area contributed by atoms with Gasteiger partial charge in [0.05, 0.1) is 17.8 Å². The molecule has 2 rings (SSSR count). The van der Waals surface area contributed by atoms with Gasteiger partial charge in [0.15, 0.2) is 33.7 Å². The van der Waals surface area contributed by atoms with Crippen LogP contribution in [0.15, 0.2) is 47.4 Å². The van der Waals surface area contributed by atoms with Gasteiger partial charge in [-0.1, -0.05) is 6.92 Å². The van der Waals surface area contributed by atoms with E-state index in [-0.39, 0.29) is 23.0 Å². The lowest BCUT2D eigenvalue weighted by atomic mass is 10.1. The summed E-state index contributed by atoms with van der Waals surface area (Å²) in [5.41, 5.74) is 0.934. The zero-order valence-corrected chi connectivity index (χ0v) is 16.1. The van der Waals surface area contributed by atoms with Crippen molar-refractivity contribution in [2.24, 2.45) is 0 Å². The lowest BCUT2D eigenvalue weighted by Crippen LogP contribution is -2.20. The Bertz CT molecular complexity index is 935. The van der Waals surface area contributed by atoms with Crippen molar-refractivity contribution in [2.45, 2.75) is 18.7 Å². The minimum Gasteiger partial charge on any atom is -0.493 e. The highest BCUT2D eigenvalue weighted by Crippen LogP contribution is 2.28. The molecule has 0 aliphatic rings. The second kappa shape index (κ2) is 8.68. The fourth-order valence-electron chi connectivity index (χ4n) is 2.26. The van der Waals surface area contributed by atoms with Crippen molar-refractivity contribution >= 4 is 27.2 Å². The smallest absolute Gasteiger partial charge is 0.262 e. The van der Waals surface area contributed by atoms with Crippen LogP contribution in [0.4, 0.5) is 5.69 Å². The van der Waals surface area contributed by atoms with Crippen molar-refractivity contribution in [3.05, 3.63) is 48.0 Å². The first-order valence-electron chi connectivity index (χ1n) is 8.21. The third kappa shape index (κ3) is 5.30. The van der Waals surface area contributed by atoms with Crippen LogP contribution >= 0.6 is 0 Å². The molecular weight excluding hydrogens is 370 g/mol. The number of methoxy groups -OCH3 is 1. The molecule has 0 unspecified atom stereocenters. The van der Waals surface area contributed by atoms with E-state index in [1.165, 1.54) is 38.3 Å². The molecule has 0 aliphatic heterocycles. The number of hydrogen-bond donors (Lipinski definition) is 1. The summed E-state index contributed by atoms with van der Waals surface area (Å²) >= 11 is 0. The molecule has 0 atom stereocenters. The SMILES string of the molecule is CCS(=O)(=O)c1ccc(NC(=O)COc2ccc(C(C)=O)cc2OC)cc1. The molecule has 0 heterocycles.